The van der Waals surface area contributed by atoms with Crippen LogP contribution < -0.4 is 10.6 Å². The van der Waals surface area contributed by atoms with Gasteiger partial charge in [-0.2, -0.15) is 5.10 Å². The molecule has 0 bridgehead atoms. The van der Waals surface area contributed by atoms with Crippen LogP contribution in [-0.4, -0.2) is 38.2 Å². The van der Waals surface area contributed by atoms with Gasteiger partial charge < -0.3 is 15.7 Å². The molecule has 0 spiro atoms. The van der Waals surface area contributed by atoms with Crippen molar-refractivity contribution in [3.8, 4) is 28.3 Å². The van der Waals surface area contributed by atoms with Gasteiger partial charge in [-0.05, 0) is 49.1 Å². The lowest BCUT2D eigenvalue weighted by molar-refractivity contribution is 0.0951. The van der Waals surface area contributed by atoms with Crippen LogP contribution in [0, 0.1) is 5.92 Å². The molecule has 3 N–H and O–H groups in total. The average molecular weight is 442 g/mol. The Labute approximate surface area is 192 Å². The second kappa shape index (κ2) is 8.58. The Bertz CT molecular complexity index is 1310. The standard InChI is InChI=1S/C26H27N5O2/c1-16(2)14-27-22-13-21(20-5-3-4-6-24(20)32)30-31-23(15-28-25(22)31)17-7-9-18(10-8-17)26(33)29-19-11-12-19/h3-10,13,15-16,19,27,32H,11-12,14H2,1-2H3,(H,29,33). The number of phenolic OH excluding ortho intramolecular Hbond substituents is 1. The Morgan fingerprint density at radius 1 is 1.15 bits per heavy atom. The maximum absolute atomic E-state index is 12.3. The van der Waals surface area contributed by atoms with Crippen molar-refractivity contribution in [2.24, 2.45) is 5.92 Å². The molecule has 4 aromatic rings. The van der Waals surface area contributed by atoms with Gasteiger partial charge in [-0.3, -0.25) is 4.79 Å². The lowest BCUT2D eigenvalue weighted by Crippen LogP contribution is -2.25. The molecule has 1 saturated carbocycles. The zero-order valence-corrected chi connectivity index (χ0v) is 18.7. The van der Waals surface area contributed by atoms with Crippen LogP contribution in [0.3, 0.4) is 0 Å². The fourth-order valence-corrected chi connectivity index (χ4v) is 3.72. The van der Waals surface area contributed by atoms with Crippen molar-refractivity contribution in [2.45, 2.75) is 32.7 Å². The van der Waals surface area contributed by atoms with E-state index in [0.717, 1.165) is 36.3 Å². The molecule has 1 aliphatic rings. The first kappa shape index (κ1) is 21.0. The van der Waals surface area contributed by atoms with E-state index in [4.69, 9.17) is 5.10 Å². The summed E-state index contributed by atoms with van der Waals surface area (Å²) < 4.78 is 1.80. The molecule has 0 aliphatic heterocycles. The number of aromatic hydroxyl groups is 1. The highest BCUT2D eigenvalue weighted by Gasteiger charge is 2.24. The molecule has 1 amide bonds. The molecule has 2 aromatic heterocycles. The highest BCUT2D eigenvalue weighted by molar-refractivity contribution is 5.95. The summed E-state index contributed by atoms with van der Waals surface area (Å²) in [6.45, 7) is 5.08. The average Bonchev–Trinajstić information content (AvgIpc) is 3.53. The van der Waals surface area contributed by atoms with Gasteiger partial charge in [0.05, 0.1) is 23.3 Å². The van der Waals surface area contributed by atoms with Crippen molar-refractivity contribution in [2.75, 3.05) is 11.9 Å². The Balaban J connectivity index is 1.56. The van der Waals surface area contributed by atoms with Crippen LogP contribution in [0.15, 0.2) is 60.8 Å². The fourth-order valence-electron chi connectivity index (χ4n) is 3.72. The third-order valence-electron chi connectivity index (χ3n) is 5.70. The number of nitrogens with one attached hydrogen (secondary N) is 2. The van der Waals surface area contributed by atoms with Gasteiger partial charge >= 0.3 is 0 Å². The number of phenols is 1. The van der Waals surface area contributed by atoms with Gasteiger partial charge in [-0.15, -0.1) is 0 Å². The maximum atomic E-state index is 12.3. The lowest BCUT2D eigenvalue weighted by atomic mass is 10.1. The summed E-state index contributed by atoms with van der Waals surface area (Å²) in [5.41, 5.74) is 5.21. The minimum absolute atomic E-state index is 0.0395. The predicted molar refractivity (Wildman–Crippen MR) is 129 cm³/mol. The molecule has 0 atom stereocenters. The lowest BCUT2D eigenvalue weighted by Gasteiger charge is -2.13. The van der Waals surface area contributed by atoms with E-state index in [1.807, 2.05) is 42.5 Å². The normalized spacial score (nSPS) is 13.4. The number of hydrogen-bond acceptors (Lipinski definition) is 5. The minimum Gasteiger partial charge on any atom is -0.507 e. The van der Waals surface area contributed by atoms with Crippen molar-refractivity contribution in [3.05, 3.63) is 66.4 Å². The number of imidazole rings is 1. The second-order valence-electron chi connectivity index (χ2n) is 8.94. The van der Waals surface area contributed by atoms with Crippen molar-refractivity contribution in [1.82, 2.24) is 19.9 Å². The molecule has 5 rings (SSSR count). The minimum atomic E-state index is -0.0395. The van der Waals surface area contributed by atoms with E-state index in [0.29, 0.717) is 34.4 Å². The first-order chi connectivity index (χ1) is 16.0. The molecule has 2 aromatic carbocycles. The Morgan fingerprint density at radius 3 is 2.61 bits per heavy atom. The summed E-state index contributed by atoms with van der Waals surface area (Å²) in [4.78, 5) is 17.0. The molecule has 33 heavy (non-hydrogen) atoms. The van der Waals surface area contributed by atoms with E-state index >= 15 is 0 Å². The second-order valence-corrected chi connectivity index (χ2v) is 8.94. The summed E-state index contributed by atoms with van der Waals surface area (Å²) in [5.74, 6) is 0.588. The van der Waals surface area contributed by atoms with Crippen molar-refractivity contribution in [3.63, 3.8) is 0 Å². The van der Waals surface area contributed by atoms with Crippen LogP contribution in [0.1, 0.15) is 37.0 Å². The van der Waals surface area contributed by atoms with Crippen LogP contribution in [0.4, 0.5) is 5.69 Å². The first-order valence-corrected chi connectivity index (χ1v) is 11.3. The van der Waals surface area contributed by atoms with Gasteiger partial charge in [0.1, 0.15) is 5.75 Å². The van der Waals surface area contributed by atoms with Gasteiger partial charge in [0.15, 0.2) is 5.65 Å². The van der Waals surface area contributed by atoms with Crippen LogP contribution in [0.2, 0.25) is 0 Å². The zero-order chi connectivity index (χ0) is 22.9. The van der Waals surface area contributed by atoms with Crippen molar-refractivity contribution < 1.29 is 9.90 Å². The molecule has 0 saturated heterocycles. The number of rotatable bonds is 7. The molecular formula is C26H27N5O2. The van der Waals surface area contributed by atoms with E-state index in [2.05, 4.69) is 29.5 Å². The van der Waals surface area contributed by atoms with Gasteiger partial charge in [-0.1, -0.05) is 38.1 Å². The monoisotopic (exact) mass is 441 g/mol. The number of benzene rings is 2. The van der Waals surface area contributed by atoms with E-state index in [1.54, 1.807) is 22.8 Å². The van der Waals surface area contributed by atoms with Crippen molar-refractivity contribution in [1.29, 1.82) is 0 Å². The van der Waals surface area contributed by atoms with E-state index in [-0.39, 0.29) is 11.7 Å². The highest BCUT2D eigenvalue weighted by Crippen LogP contribution is 2.32. The highest BCUT2D eigenvalue weighted by atomic mass is 16.3. The number of anilines is 1. The molecule has 7 nitrogen and oxygen atoms in total. The third kappa shape index (κ3) is 4.39. The molecule has 0 radical (unpaired) electrons. The number of amides is 1. The van der Waals surface area contributed by atoms with Crippen molar-refractivity contribution >= 4 is 17.2 Å². The largest absolute Gasteiger partial charge is 0.507 e. The maximum Gasteiger partial charge on any atom is 0.251 e. The van der Waals surface area contributed by atoms with Crippen LogP contribution in [0.25, 0.3) is 28.2 Å². The number of para-hydroxylation sites is 1. The number of carbonyl (C=O) groups excluding carboxylic acids is 1. The molecule has 1 aliphatic carbocycles. The topological polar surface area (TPSA) is 91.5 Å². The molecule has 7 heteroatoms. The van der Waals surface area contributed by atoms with Gasteiger partial charge in [-0.25, -0.2) is 9.50 Å². The van der Waals surface area contributed by atoms with E-state index in [1.165, 1.54) is 0 Å². The number of fused-ring (bicyclic) bond motifs is 1. The summed E-state index contributed by atoms with van der Waals surface area (Å²) in [6, 6.07) is 16.9. The molecular weight excluding hydrogens is 414 g/mol. The number of carbonyl (C=O) groups is 1. The van der Waals surface area contributed by atoms with Gasteiger partial charge in [0.2, 0.25) is 0 Å². The third-order valence-corrected chi connectivity index (χ3v) is 5.70. The molecule has 1 fully saturated rings. The quantitative estimate of drug-likeness (QED) is 0.386. The number of hydrogen-bond donors (Lipinski definition) is 3. The summed E-state index contributed by atoms with van der Waals surface area (Å²) in [6.07, 6.45) is 3.91. The molecule has 0 unspecified atom stereocenters. The van der Waals surface area contributed by atoms with Crippen LogP contribution in [-0.2, 0) is 0 Å². The SMILES string of the molecule is CC(C)CNc1cc(-c2ccccc2O)nn2c(-c3ccc(C(=O)NC4CC4)cc3)cnc12. The Hall–Kier alpha value is -3.87. The Morgan fingerprint density at radius 2 is 1.91 bits per heavy atom. The molecule has 168 valence electrons. The fraction of sp³-hybridized carbons (Fsp3) is 0.269. The summed E-state index contributed by atoms with van der Waals surface area (Å²) in [7, 11) is 0. The van der Waals surface area contributed by atoms with E-state index in [9.17, 15) is 9.90 Å². The summed E-state index contributed by atoms with van der Waals surface area (Å²) >= 11 is 0. The molecule has 2 heterocycles. The number of nitrogens with zero attached hydrogens (tertiary/aromatic N) is 3. The van der Waals surface area contributed by atoms with Crippen LogP contribution in [0.5, 0.6) is 5.75 Å². The first-order valence-electron chi connectivity index (χ1n) is 11.3. The van der Waals surface area contributed by atoms with Gasteiger partial charge in [0, 0.05) is 29.3 Å². The van der Waals surface area contributed by atoms with Crippen LogP contribution >= 0.6 is 0 Å². The Kier molecular flexibility index (Phi) is 5.46. The van der Waals surface area contributed by atoms with E-state index < -0.39 is 0 Å². The smallest absolute Gasteiger partial charge is 0.251 e. The predicted octanol–water partition coefficient (Wildman–Crippen LogP) is 4.73. The zero-order valence-electron chi connectivity index (χ0n) is 18.7. The number of aromatic nitrogens is 3. The van der Waals surface area contributed by atoms with Gasteiger partial charge in [0.25, 0.3) is 5.91 Å². The summed E-state index contributed by atoms with van der Waals surface area (Å²) in [5, 5.41) is 21.7.